The number of nitrogens with one attached hydrogen (secondary N) is 1. The van der Waals surface area contributed by atoms with Gasteiger partial charge in [-0.2, -0.15) is 0 Å². The van der Waals surface area contributed by atoms with Gasteiger partial charge >= 0.3 is 0 Å². The molecular formula is C18H18ClN3O4S. The minimum absolute atomic E-state index is 0.162. The van der Waals surface area contributed by atoms with Crippen LogP contribution in [0, 0.1) is 6.92 Å². The van der Waals surface area contributed by atoms with Crippen molar-refractivity contribution in [3.05, 3.63) is 40.1 Å². The molecule has 0 unspecified atom stereocenters. The van der Waals surface area contributed by atoms with Crippen LogP contribution in [0.5, 0.6) is 11.5 Å². The normalized spacial score (nSPS) is 10.7. The Bertz CT molecular complexity index is 934. The van der Waals surface area contributed by atoms with Gasteiger partial charge < -0.3 is 19.3 Å². The first-order valence-corrected chi connectivity index (χ1v) is 9.36. The number of carbonyl (C=O) groups excluding carboxylic acids is 1. The number of hydrogen-bond acceptors (Lipinski definition) is 7. The third-order valence-electron chi connectivity index (χ3n) is 3.97. The molecule has 2 aromatic heterocycles. The van der Waals surface area contributed by atoms with Crippen molar-refractivity contribution >= 4 is 34.0 Å². The molecule has 0 bridgehead atoms. The van der Waals surface area contributed by atoms with Gasteiger partial charge in [0.25, 0.3) is 0 Å². The Morgan fingerprint density at radius 3 is 2.81 bits per heavy atom. The Hall–Kier alpha value is -2.58. The molecule has 3 aromatic rings. The van der Waals surface area contributed by atoms with Gasteiger partial charge in [-0.1, -0.05) is 5.16 Å². The maximum atomic E-state index is 12.2. The fraction of sp³-hybridized carbons (Fsp3) is 0.278. The van der Waals surface area contributed by atoms with E-state index < -0.39 is 0 Å². The van der Waals surface area contributed by atoms with E-state index >= 15 is 0 Å². The first-order valence-electron chi connectivity index (χ1n) is 8.10. The first kappa shape index (κ1) is 19.2. The topological polar surface area (TPSA) is 86.5 Å². The smallest absolute Gasteiger partial charge is 0.229 e. The lowest BCUT2D eigenvalue weighted by atomic mass is 10.1. The lowest BCUT2D eigenvalue weighted by molar-refractivity contribution is -0.116. The SMILES string of the molecule is COc1ccc(OC)c(-c2csc(NC(=O)CCc3c(C)noc3Cl)n2)c1. The van der Waals surface area contributed by atoms with Crippen molar-refractivity contribution in [1.82, 2.24) is 10.1 Å². The Morgan fingerprint density at radius 2 is 2.15 bits per heavy atom. The number of ether oxygens (including phenoxy) is 2. The van der Waals surface area contributed by atoms with Gasteiger partial charge in [0.1, 0.15) is 11.5 Å². The van der Waals surface area contributed by atoms with Gasteiger partial charge in [0.2, 0.25) is 11.1 Å². The predicted molar refractivity (Wildman–Crippen MR) is 104 cm³/mol. The molecule has 0 spiro atoms. The number of nitrogens with zero attached hydrogens (tertiary/aromatic N) is 2. The van der Waals surface area contributed by atoms with Crippen LogP contribution in [0.2, 0.25) is 5.22 Å². The Labute approximate surface area is 165 Å². The summed E-state index contributed by atoms with van der Waals surface area (Å²) >= 11 is 7.26. The first-order chi connectivity index (χ1) is 13.0. The zero-order valence-corrected chi connectivity index (χ0v) is 16.6. The zero-order valence-electron chi connectivity index (χ0n) is 15.0. The highest BCUT2D eigenvalue weighted by Gasteiger charge is 2.15. The van der Waals surface area contributed by atoms with Crippen LogP contribution in [0.25, 0.3) is 11.3 Å². The second kappa shape index (κ2) is 8.41. The average molecular weight is 408 g/mol. The Kier molecular flexibility index (Phi) is 5.98. The maximum Gasteiger partial charge on any atom is 0.229 e. The highest BCUT2D eigenvalue weighted by Crippen LogP contribution is 2.35. The van der Waals surface area contributed by atoms with Crippen molar-refractivity contribution in [1.29, 1.82) is 0 Å². The van der Waals surface area contributed by atoms with Gasteiger partial charge in [0.05, 0.1) is 25.6 Å². The molecule has 7 nitrogen and oxygen atoms in total. The summed E-state index contributed by atoms with van der Waals surface area (Å²) in [6, 6.07) is 5.47. The van der Waals surface area contributed by atoms with Crippen molar-refractivity contribution in [3.63, 3.8) is 0 Å². The summed E-state index contributed by atoms with van der Waals surface area (Å²) < 4.78 is 15.5. The van der Waals surface area contributed by atoms with E-state index in [1.54, 1.807) is 21.1 Å². The van der Waals surface area contributed by atoms with Gasteiger partial charge in [-0.25, -0.2) is 4.98 Å². The summed E-state index contributed by atoms with van der Waals surface area (Å²) in [4.78, 5) is 16.7. The van der Waals surface area contributed by atoms with Gasteiger partial charge in [0, 0.05) is 22.9 Å². The standard InChI is InChI=1S/C18H18ClN3O4S/c1-10-12(17(19)26-22-10)5-7-16(23)21-18-20-14(9-27-18)13-8-11(24-2)4-6-15(13)25-3/h4,6,8-9H,5,7H2,1-3H3,(H,20,21,23). The number of thiazole rings is 1. The van der Waals surface area contributed by atoms with Gasteiger partial charge in [-0.05, 0) is 43.1 Å². The number of halogens is 1. The van der Waals surface area contributed by atoms with Crippen LogP contribution in [0.1, 0.15) is 17.7 Å². The minimum Gasteiger partial charge on any atom is -0.497 e. The summed E-state index contributed by atoms with van der Waals surface area (Å²) in [6.45, 7) is 1.79. The Morgan fingerprint density at radius 1 is 1.33 bits per heavy atom. The van der Waals surface area contributed by atoms with Crippen molar-refractivity contribution in [2.45, 2.75) is 19.8 Å². The van der Waals surface area contributed by atoms with Crippen LogP contribution in [-0.2, 0) is 11.2 Å². The van der Waals surface area contributed by atoms with Crippen LogP contribution in [-0.4, -0.2) is 30.3 Å². The van der Waals surface area contributed by atoms with E-state index in [2.05, 4.69) is 15.5 Å². The van der Waals surface area contributed by atoms with Crippen LogP contribution in [0.4, 0.5) is 5.13 Å². The number of amides is 1. The Balaban J connectivity index is 1.68. The van der Waals surface area contributed by atoms with Gasteiger partial charge in [-0.3, -0.25) is 4.79 Å². The number of carbonyl (C=O) groups is 1. The summed E-state index contributed by atoms with van der Waals surface area (Å²) in [5.74, 6) is 1.21. The third-order valence-corrected chi connectivity index (χ3v) is 5.03. The molecule has 1 N–H and O–H groups in total. The molecule has 0 aliphatic carbocycles. The molecule has 2 heterocycles. The van der Waals surface area contributed by atoms with Crippen molar-refractivity contribution in [3.8, 4) is 22.8 Å². The number of benzene rings is 1. The summed E-state index contributed by atoms with van der Waals surface area (Å²) in [6.07, 6.45) is 0.696. The fourth-order valence-corrected chi connectivity index (χ4v) is 3.52. The molecule has 0 aliphatic heterocycles. The largest absolute Gasteiger partial charge is 0.497 e. The number of anilines is 1. The van der Waals surface area contributed by atoms with Crippen molar-refractivity contribution < 1.29 is 18.8 Å². The van der Waals surface area contributed by atoms with Crippen LogP contribution < -0.4 is 14.8 Å². The second-order valence-electron chi connectivity index (χ2n) is 5.67. The number of rotatable bonds is 7. The number of methoxy groups -OCH3 is 2. The van der Waals surface area contributed by atoms with Crippen LogP contribution in [0.15, 0.2) is 28.1 Å². The molecule has 9 heteroatoms. The molecule has 1 amide bonds. The van der Waals surface area contributed by atoms with E-state index in [9.17, 15) is 4.79 Å². The molecular weight excluding hydrogens is 390 g/mol. The van der Waals surface area contributed by atoms with E-state index in [1.165, 1.54) is 11.3 Å². The highest BCUT2D eigenvalue weighted by molar-refractivity contribution is 7.14. The van der Waals surface area contributed by atoms with E-state index in [0.29, 0.717) is 34.4 Å². The minimum atomic E-state index is -0.162. The van der Waals surface area contributed by atoms with Crippen LogP contribution >= 0.6 is 22.9 Å². The second-order valence-corrected chi connectivity index (χ2v) is 6.87. The summed E-state index contributed by atoms with van der Waals surface area (Å²) in [5, 5.41) is 9.16. The average Bonchev–Trinajstić information content (AvgIpc) is 3.26. The molecule has 0 saturated heterocycles. The zero-order chi connectivity index (χ0) is 19.4. The van der Waals surface area contributed by atoms with E-state index in [1.807, 2.05) is 23.6 Å². The molecule has 1 aromatic carbocycles. The van der Waals surface area contributed by atoms with Gasteiger partial charge in [0.15, 0.2) is 5.13 Å². The molecule has 0 fully saturated rings. The monoisotopic (exact) mass is 407 g/mol. The molecule has 0 saturated carbocycles. The molecule has 0 radical (unpaired) electrons. The summed E-state index contributed by atoms with van der Waals surface area (Å²) in [7, 11) is 3.19. The highest BCUT2D eigenvalue weighted by atomic mass is 35.5. The molecule has 27 heavy (non-hydrogen) atoms. The number of hydrogen-bond donors (Lipinski definition) is 1. The fourth-order valence-electron chi connectivity index (χ4n) is 2.53. The molecule has 3 rings (SSSR count). The van der Waals surface area contributed by atoms with Crippen molar-refractivity contribution in [2.75, 3.05) is 19.5 Å². The van der Waals surface area contributed by atoms with Crippen molar-refractivity contribution in [2.24, 2.45) is 0 Å². The van der Waals surface area contributed by atoms with E-state index in [4.69, 9.17) is 25.6 Å². The number of aromatic nitrogens is 2. The quantitative estimate of drug-likeness (QED) is 0.626. The van der Waals surface area contributed by atoms with Gasteiger partial charge in [-0.15, -0.1) is 11.3 Å². The number of aryl methyl sites for hydroxylation is 1. The predicted octanol–water partition coefficient (Wildman–Crippen LogP) is 4.35. The third kappa shape index (κ3) is 4.40. The van der Waals surface area contributed by atoms with E-state index in [-0.39, 0.29) is 17.5 Å². The van der Waals surface area contributed by atoms with E-state index in [0.717, 1.165) is 11.1 Å². The van der Waals surface area contributed by atoms with Crippen LogP contribution in [0.3, 0.4) is 0 Å². The summed E-state index contributed by atoms with van der Waals surface area (Å²) in [5.41, 5.74) is 2.92. The molecule has 142 valence electrons. The lowest BCUT2D eigenvalue weighted by Crippen LogP contribution is -2.12. The lowest BCUT2D eigenvalue weighted by Gasteiger charge is -2.08. The maximum absolute atomic E-state index is 12.2. The molecule has 0 atom stereocenters. The molecule has 0 aliphatic rings.